The van der Waals surface area contributed by atoms with E-state index < -0.39 is 0 Å². The van der Waals surface area contributed by atoms with E-state index >= 15 is 0 Å². The number of likely N-dealkylation sites (N-methyl/N-ethyl adjacent to an activating group) is 1. The summed E-state index contributed by atoms with van der Waals surface area (Å²) in [6.07, 6.45) is 5.39. The van der Waals surface area contributed by atoms with Crippen molar-refractivity contribution in [1.29, 1.82) is 0 Å². The summed E-state index contributed by atoms with van der Waals surface area (Å²) in [4.78, 5) is 30.3. The van der Waals surface area contributed by atoms with Crippen molar-refractivity contribution < 1.29 is 24.2 Å². The smallest absolute Gasteiger partial charge is 0.319 e. The molecule has 1 aliphatic heterocycles. The molecule has 46 heavy (non-hydrogen) atoms. The highest BCUT2D eigenvalue weighted by molar-refractivity contribution is 5.90. The fourth-order valence-corrected chi connectivity index (χ4v) is 6.30. The minimum atomic E-state index is -0.325. The maximum absolute atomic E-state index is 13.6. The Kier molecular flexibility index (Phi) is 11.5. The highest BCUT2D eigenvalue weighted by Gasteiger charge is 2.31. The van der Waals surface area contributed by atoms with Crippen LogP contribution in [0.3, 0.4) is 0 Å². The molecule has 9 heteroatoms. The van der Waals surface area contributed by atoms with E-state index in [-0.39, 0.29) is 49.1 Å². The molecule has 3 aromatic carbocycles. The van der Waals surface area contributed by atoms with E-state index in [2.05, 4.69) is 41.6 Å². The van der Waals surface area contributed by atoms with Crippen LogP contribution in [-0.2, 0) is 17.8 Å². The van der Waals surface area contributed by atoms with Gasteiger partial charge in [0.05, 0.1) is 19.1 Å². The lowest BCUT2D eigenvalue weighted by Crippen LogP contribution is -2.47. The van der Waals surface area contributed by atoms with Crippen molar-refractivity contribution in [3.63, 3.8) is 0 Å². The van der Waals surface area contributed by atoms with Gasteiger partial charge >= 0.3 is 6.03 Å². The SMILES string of the molecule is C[C@@H]1CN([C@@H](C)CO)C(=O)Cc2cc(NC(=O)NC3CCCCC3)ccc2O[C@@H]1CN(C)Cc1ccc(Oc2ccccc2)cc1. The monoisotopic (exact) mass is 628 g/mol. The number of carbonyl (C=O) groups excluding carboxylic acids is 2. The predicted molar refractivity (Wildman–Crippen MR) is 180 cm³/mol. The molecule has 0 saturated heterocycles. The number of para-hydroxylation sites is 1. The van der Waals surface area contributed by atoms with Gasteiger partial charge in [0.1, 0.15) is 23.4 Å². The van der Waals surface area contributed by atoms with Crippen molar-refractivity contribution in [3.05, 3.63) is 83.9 Å². The molecule has 0 radical (unpaired) electrons. The third kappa shape index (κ3) is 9.23. The number of nitrogens with zero attached hydrogens (tertiary/aromatic N) is 2. The van der Waals surface area contributed by atoms with Crippen LogP contribution in [-0.4, -0.2) is 71.8 Å². The van der Waals surface area contributed by atoms with Crippen molar-refractivity contribution >= 4 is 17.6 Å². The lowest BCUT2D eigenvalue weighted by atomic mass is 9.96. The molecule has 1 heterocycles. The standard InChI is InChI=1S/C37H48N4O5/c1-26-22-41(27(2)25-42)36(43)21-29-20-31(39-37(44)38-30-10-6-4-7-11-30)16-19-34(29)46-35(26)24-40(3)23-28-14-17-33(18-15-28)45-32-12-8-5-9-13-32/h5,8-9,12-20,26-27,30,35,42H,4,6-7,10-11,21-25H2,1-3H3,(H2,38,39,44)/t26-,27+,35-/m1/s1. The van der Waals surface area contributed by atoms with Crippen LogP contribution in [0.15, 0.2) is 72.8 Å². The molecule has 0 aromatic heterocycles. The molecule has 5 rings (SSSR count). The molecule has 1 fully saturated rings. The average molecular weight is 629 g/mol. The number of ether oxygens (including phenoxy) is 2. The van der Waals surface area contributed by atoms with Crippen LogP contribution in [0.5, 0.6) is 17.2 Å². The zero-order valence-corrected chi connectivity index (χ0v) is 27.3. The zero-order valence-electron chi connectivity index (χ0n) is 27.3. The van der Waals surface area contributed by atoms with Crippen LogP contribution in [0, 0.1) is 5.92 Å². The second kappa shape index (κ2) is 16.0. The van der Waals surface area contributed by atoms with E-state index in [1.165, 1.54) is 6.42 Å². The van der Waals surface area contributed by atoms with Crippen molar-refractivity contribution in [1.82, 2.24) is 15.1 Å². The maximum atomic E-state index is 13.6. The molecule has 0 spiro atoms. The Labute approximate surface area is 272 Å². The molecular weight excluding hydrogens is 580 g/mol. The van der Waals surface area contributed by atoms with E-state index in [0.717, 1.165) is 42.7 Å². The second-order valence-corrected chi connectivity index (χ2v) is 12.9. The molecule has 3 N–H and O–H groups in total. The number of rotatable bonds is 10. The number of benzene rings is 3. The normalized spacial score (nSPS) is 19.7. The molecular formula is C37H48N4O5. The van der Waals surface area contributed by atoms with Crippen LogP contribution in [0.25, 0.3) is 0 Å². The van der Waals surface area contributed by atoms with Gasteiger partial charge in [-0.1, -0.05) is 56.5 Å². The molecule has 2 aliphatic rings. The van der Waals surface area contributed by atoms with Gasteiger partial charge in [-0.15, -0.1) is 0 Å². The number of carbonyl (C=O) groups is 2. The molecule has 1 saturated carbocycles. The first kappa shape index (κ1) is 33.3. The summed E-state index contributed by atoms with van der Waals surface area (Å²) in [5.74, 6) is 2.14. The second-order valence-electron chi connectivity index (χ2n) is 12.9. The summed E-state index contributed by atoms with van der Waals surface area (Å²) in [6, 6.07) is 23.0. The highest BCUT2D eigenvalue weighted by atomic mass is 16.5. The first-order chi connectivity index (χ1) is 22.3. The number of hydrogen-bond acceptors (Lipinski definition) is 6. The van der Waals surface area contributed by atoms with Crippen LogP contribution < -0.4 is 20.1 Å². The van der Waals surface area contributed by atoms with Crippen LogP contribution in [0.2, 0.25) is 0 Å². The molecule has 246 valence electrons. The maximum Gasteiger partial charge on any atom is 0.319 e. The van der Waals surface area contributed by atoms with E-state index in [0.29, 0.717) is 36.6 Å². The van der Waals surface area contributed by atoms with Gasteiger partial charge in [-0.05, 0) is 74.8 Å². The number of anilines is 1. The van der Waals surface area contributed by atoms with Gasteiger partial charge in [0, 0.05) is 42.8 Å². The Morgan fingerprint density at radius 2 is 1.76 bits per heavy atom. The van der Waals surface area contributed by atoms with Gasteiger partial charge in [0.2, 0.25) is 5.91 Å². The fourth-order valence-electron chi connectivity index (χ4n) is 6.30. The Hall–Kier alpha value is -4.08. The van der Waals surface area contributed by atoms with Gasteiger partial charge < -0.3 is 30.1 Å². The van der Waals surface area contributed by atoms with E-state index in [9.17, 15) is 14.7 Å². The Morgan fingerprint density at radius 3 is 2.48 bits per heavy atom. The summed E-state index contributed by atoms with van der Waals surface area (Å²) >= 11 is 0. The summed E-state index contributed by atoms with van der Waals surface area (Å²) < 4.78 is 12.6. The summed E-state index contributed by atoms with van der Waals surface area (Å²) in [7, 11) is 2.06. The van der Waals surface area contributed by atoms with Gasteiger partial charge in [-0.25, -0.2) is 4.79 Å². The van der Waals surface area contributed by atoms with Gasteiger partial charge in [0.25, 0.3) is 0 Å². The lowest BCUT2D eigenvalue weighted by molar-refractivity contribution is -0.134. The molecule has 0 bridgehead atoms. The predicted octanol–water partition coefficient (Wildman–Crippen LogP) is 6.21. The molecule has 9 nitrogen and oxygen atoms in total. The van der Waals surface area contributed by atoms with Crippen LogP contribution >= 0.6 is 0 Å². The number of amides is 3. The summed E-state index contributed by atoms with van der Waals surface area (Å²) in [5, 5.41) is 16.0. The average Bonchev–Trinajstić information content (AvgIpc) is 3.09. The van der Waals surface area contributed by atoms with Gasteiger partial charge in [-0.3, -0.25) is 9.69 Å². The van der Waals surface area contributed by atoms with E-state index in [1.807, 2.05) is 67.6 Å². The van der Waals surface area contributed by atoms with Crippen molar-refractivity contribution in [2.45, 2.75) is 77.1 Å². The first-order valence-corrected chi connectivity index (χ1v) is 16.5. The van der Waals surface area contributed by atoms with E-state index in [4.69, 9.17) is 9.47 Å². The number of aliphatic hydroxyl groups is 1. The molecule has 3 aromatic rings. The van der Waals surface area contributed by atoms with Crippen molar-refractivity contribution in [3.8, 4) is 17.2 Å². The molecule has 1 aliphatic carbocycles. The molecule has 3 amide bonds. The third-order valence-corrected chi connectivity index (χ3v) is 8.96. The minimum Gasteiger partial charge on any atom is -0.488 e. The third-order valence-electron chi connectivity index (χ3n) is 8.96. The van der Waals surface area contributed by atoms with E-state index in [1.54, 1.807) is 4.90 Å². The number of hydrogen-bond donors (Lipinski definition) is 3. The van der Waals surface area contributed by atoms with Gasteiger partial charge in [-0.2, -0.15) is 0 Å². The van der Waals surface area contributed by atoms with Crippen molar-refractivity contribution in [2.24, 2.45) is 5.92 Å². The Balaban J connectivity index is 1.28. The lowest BCUT2D eigenvalue weighted by Gasteiger charge is -2.34. The Morgan fingerprint density at radius 1 is 1.04 bits per heavy atom. The van der Waals surface area contributed by atoms with Crippen LogP contribution in [0.4, 0.5) is 10.5 Å². The molecule has 3 atom stereocenters. The summed E-state index contributed by atoms with van der Waals surface area (Å²) in [6.45, 7) is 5.64. The number of aliphatic hydroxyl groups excluding tert-OH is 1. The number of urea groups is 1. The summed E-state index contributed by atoms with van der Waals surface area (Å²) in [5.41, 5.74) is 2.48. The van der Waals surface area contributed by atoms with Gasteiger partial charge in [0.15, 0.2) is 0 Å². The quantitative estimate of drug-likeness (QED) is 0.247. The van der Waals surface area contributed by atoms with Crippen LogP contribution in [0.1, 0.15) is 57.1 Å². The fraction of sp³-hybridized carbons (Fsp3) is 0.459. The first-order valence-electron chi connectivity index (χ1n) is 16.5. The topological polar surface area (TPSA) is 103 Å². The number of fused-ring (bicyclic) bond motifs is 1. The highest BCUT2D eigenvalue weighted by Crippen LogP contribution is 2.30. The minimum absolute atomic E-state index is 0.00734. The zero-order chi connectivity index (χ0) is 32.5. The van der Waals surface area contributed by atoms with Crippen molar-refractivity contribution in [2.75, 3.05) is 32.1 Å². The number of nitrogens with one attached hydrogen (secondary N) is 2. The Bertz CT molecular complexity index is 1430. The largest absolute Gasteiger partial charge is 0.488 e. The molecule has 0 unspecified atom stereocenters.